The van der Waals surface area contributed by atoms with Crippen molar-refractivity contribution in [2.75, 3.05) is 20.8 Å². The van der Waals surface area contributed by atoms with E-state index in [-0.39, 0.29) is 0 Å². The maximum absolute atomic E-state index is 5.50. The van der Waals surface area contributed by atoms with Crippen LogP contribution in [-0.2, 0) is 0 Å². The van der Waals surface area contributed by atoms with Crippen LogP contribution in [-0.4, -0.2) is 26.8 Å². The lowest BCUT2D eigenvalue weighted by Crippen LogP contribution is -2.31. The van der Waals surface area contributed by atoms with Crippen LogP contribution in [0.5, 0.6) is 11.5 Å². The summed E-state index contributed by atoms with van der Waals surface area (Å²) in [4.78, 5) is 0. The molecule has 1 aliphatic carbocycles. The summed E-state index contributed by atoms with van der Waals surface area (Å²) in [6.45, 7) is 3.19. The summed E-state index contributed by atoms with van der Waals surface area (Å²) in [5.41, 5.74) is 1.28. The van der Waals surface area contributed by atoms with Crippen LogP contribution in [0.1, 0.15) is 37.7 Å². The second-order valence-electron chi connectivity index (χ2n) is 4.81. The largest absolute Gasteiger partial charge is 0.497 e. The van der Waals surface area contributed by atoms with Crippen LogP contribution in [0.15, 0.2) is 18.2 Å². The van der Waals surface area contributed by atoms with Crippen molar-refractivity contribution < 1.29 is 9.47 Å². The molecule has 0 amide bonds. The van der Waals surface area contributed by atoms with Gasteiger partial charge in [-0.05, 0) is 37.6 Å². The number of likely N-dealkylation sites (N-methyl/N-ethyl adjacent to an activating group) is 1. The van der Waals surface area contributed by atoms with E-state index in [4.69, 9.17) is 9.47 Å². The molecular weight excluding hydrogens is 226 g/mol. The summed E-state index contributed by atoms with van der Waals surface area (Å²) < 4.78 is 10.8. The average Bonchev–Trinajstić information content (AvgIpc) is 2.86. The summed E-state index contributed by atoms with van der Waals surface area (Å²) in [6.07, 6.45) is 3.75. The normalized spacial score (nSPS) is 23.1. The molecule has 18 heavy (non-hydrogen) atoms. The molecule has 100 valence electrons. The fourth-order valence-electron chi connectivity index (χ4n) is 2.97. The minimum absolute atomic E-state index is 0.537. The number of methoxy groups -OCH3 is 2. The van der Waals surface area contributed by atoms with Crippen LogP contribution in [0, 0.1) is 0 Å². The van der Waals surface area contributed by atoms with Gasteiger partial charge in [-0.25, -0.2) is 0 Å². The van der Waals surface area contributed by atoms with Crippen molar-refractivity contribution in [3.8, 4) is 11.5 Å². The molecule has 0 bridgehead atoms. The van der Waals surface area contributed by atoms with E-state index in [2.05, 4.69) is 18.3 Å². The Hall–Kier alpha value is -1.22. The number of rotatable bonds is 5. The third-order valence-corrected chi connectivity index (χ3v) is 3.82. The quantitative estimate of drug-likeness (QED) is 0.870. The summed E-state index contributed by atoms with van der Waals surface area (Å²) in [5, 5.41) is 3.59. The van der Waals surface area contributed by atoms with Crippen LogP contribution >= 0.6 is 0 Å². The molecule has 1 fully saturated rings. The molecule has 0 spiro atoms. The third-order valence-electron chi connectivity index (χ3n) is 3.82. The Balaban J connectivity index is 2.29. The van der Waals surface area contributed by atoms with Crippen molar-refractivity contribution in [1.82, 2.24) is 5.32 Å². The highest BCUT2D eigenvalue weighted by atomic mass is 16.5. The van der Waals surface area contributed by atoms with E-state index in [1.807, 2.05) is 12.1 Å². The molecule has 1 aliphatic rings. The van der Waals surface area contributed by atoms with Gasteiger partial charge in [0, 0.05) is 17.5 Å². The molecule has 1 N–H and O–H groups in total. The minimum atomic E-state index is 0.537. The van der Waals surface area contributed by atoms with E-state index in [0.717, 1.165) is 18.0 Å². The third kappa shape index (κ3) is 2.61. The average molecular weight is 249 g/mol. The van der Waals surface area contributed by atoms with Gasteiger partial charge in [-0.15, -0.1) is 0 Å². The van der Waals surface area contributed by atoms with Crippen LogP contribution in [0.3, 0.4) is 0 Å². The van der Waals surface area contributed by atoms with E-state index in [1.54, 1.807) is 14.2 Å². The predicted molar refractivity (Wildman–Crippen MR) is 73.6 cm³/mol. The number of ether oxygens (including phenoxy) is 2. The standard InChI is InChI=1S/C15H23NO2/c1-4-16-14-7-5-6-12(14)13-10-11(17-2)8-9-15(13)18-3/h8-10,12,14,16H,4-7H2,1-3H3. The van der Waals surface area contributed by atoms with Gasteiger partial charge in [0.2, 0.25) is 0 Å². The van der Waals surface area contributed by atoms with Gasteiger partial charge >= 0.3 is 0 Å². The molecule has 2 atom stereocenters. The maximum Gasteiger partial charge on any atom is 0.122 e. The Bertz CT molecular complexity index is 392. The number of benzene rings is 1. The van der Waals surface area contributed by atoms with Gasteiger partial charge < -0.3 is 14.8 Å². The number of nitrogens with one attached hydrogen (secondary N) is 1. The Morgan fingerprint density at radius 1 is 1.22 bits per heavy atom. The Kier molecular flexibility index (Phi) is 4.48. The maximum atomic E-state index is 5.50. The highest BCUT2D eigenvalue weighted by Crippen LogP contribution is 2.40. The smallest absolute Gasteiger partial charge is 0.122 e. The molecule has 0 heterocycles. The van der Waals surface area contributed by atoms with E-state index >= 15 is 0 Å². The van der Waals surface area contributed by atoms with Gasteiger partial charge in [0.1, 0.15) is 11.5 Å². The molecule has 1 saturated carbocycles. The molecule has 2 unspecified atom stereocenters. The van der Waals surface area contributed by atoms with Gasteiger partial charge in [-0.3, -0.25) is 0 Å². The summed E-state index contributed by atoms with van der Waals surface area (Å²) in [5.74, 6) is 2.42. The molecule has 1 aromatic carbocycles. The van der Waals surface area contributed by atoms with Gasteiger partial charge in [0.15, 0.2) is 0 Å². The van der Waals surface area contributed by atoms with E-state index in [1.165, 1.54) is 24.8 Å². The van der Waals surface area contributed by atoms with Crippen LogP contribution < -0.4 is 14.8 Å². The number of hydrogen-bond acceptors (Lipinski definition) is 3. The zero-order chi connectivity index (χ0) is 13.0. The SMILES string of the molecule is CCNC1CCCC1c1cc(OC)ccc1OC. The lowest BCUT2D eigenvalue weighted by molar-refractivity contribution is 0.388. The number of hydrogen-bond donors (Lipinski definition) is 1. The van der Waals surface area contributed by atoms with Crippen LogP contribution in [0.2, 0.25) is 0 Å². The van der Waals surface area contributed by atoms with Crippen LogP contribution in [0.25, 0.3) is 0 Å². The second-order valence-corrected chi connectivity index (χ2v) is 4.81. The van der Waals surface area contributed by atoms with E-state index in [9.17, 15) is 0 Å². The van der Waals surface area contributed by atoms with Crippen molar-refractivity contribution in [3.63, 3.8) is 0 Å². The molecule has 3 nitrogen and oxygen atoms in total. The van der Waals surface area contributed by atoms with Crippen molar-refractivity contribution >= 4 is 0 Å². The Labute approximate surface area is 109 Å². The Morgan fingerprint density at radius 2 is 2.06 bits per heavy atom. The van der Waals surface area contributed by atoms with E-state index < -0.39 is 0 Å². The molecule has 2 rings (SSSR count). The zero-order valence-corrected chi connectivity index (χ0v) is 11.5. The summed E-state index contributed by atoms with van der Waals surface area (Å²) in [6, 6.07) is 6.66. The molecule has 0 radical (unpaired) electrons. The topological polar surface area (TPSA) is 30.5 Å². The van der Waals surface area contributed by atoms with E-state index in [0.29, 0.717) is 12.0 Å². The van der Waals surface area contributed by atoms with Gasteiger partial charge in [-0.2, -0.15) is 0 Å². The van der Waals surface area contributed by atoms with Crippen molar-refractivity contribution in [1.29, 1.82) is 0 Å². The molecule has 0 aliphatic heterocycles. The predicted octanol–water partition coefficient (Wildman–Crippen LogP) is 2.95. The fraction of sp³-hybridized carbons (Fsp3) is 0.600. The van der Waals surface area contributed by atoms with Crippen molar-refractivity contribution in [2.45, 2.75) is 38.1 Å². The first-order chi connectivity index (χ1) is 8.80. The summed E-state index contributed by atoms with van der Waals surface area (Å²) in [7, 11) is 3.45. The highest BCUT2D eigenvalue weighted by Gasteiger charge is 2.30. The lowest BCUT2D eigenvalue weighted by atomic mass is 9.93. The first-order valence-corrected chi connectivity index (χ1v) is 6.75. The van der Waals surface area contributed by atoms with Crippen LogP contribution in [0.4, 0.5) is 0 Å². The first-order valence-electron chi connectivity index (χ1n) is 6.75. The molecular formula is C15H23NO2. The molecule has 0 aromatic heterocycles. The minimum Gasteiger partial charge on any atom is -0.497 e. The monoisotopic (exact) mass is 249 g/mol. The van der Waals surface area contributed by atoms with Crippen molar-refractivity contribution in [3.05, 3.63) is 23.8 Å². The summed E-state index contributed by atoms with van der Waals surface area (Å²) >= 11 is 0. The van der Waals surface area contributed by atoms with Gasteiger partial charge in [0.05, 0.1) is 14.2 Å². The Morgan fingerprint density at radius 3 is 2.72 bits per heavy atom. The molecule has 0 saturated heterocycles. The zero-order valence-electron chi connectivity index (χ0n) is 11.5. The second kappa shape index (κ2) is 6.10. The fourth-order valence-corrected chi connectivity index (χ4v) is 2.97. The van der Waals surface area contributed by atoms with Gasteiger partial charge in [-0.1, -0.05) is 13.3 Å². The highest BCUT2D eigenvalue weighted by molar-refractivity contribution is 5.43. The lowest BCUT2D eigenvalue weighted by Gasteiger charge is -2.23. The molecule has 3 heteroatoms. The van der Waals surface area contributed by atoms with Crippen molar-refractivity contribution in [2.24, 2.45) is 0 Å². The molecule has 1 aromatic rings. The van der Waals surface area contributed by atoms with Gasteiger partial charge in [0.25, 0.3) is 0 Å². The first kappa shape index (κ1) is 13.2.